The summed E-state index contributed by atoms with van der Waals surface area (Å²) in [5.41, 5.74) is 2.90. The molecule has 0 aliphatic carbocycles. The first kappa shape index (κ1) is 19.6. The molecule has 1 heterocycles. The van der Waals surface area contributed by atoms with Crippen molar-refractivity contribution in [2.24, 2.45) is 0 Å². The maximum atomic E-state index is 12.5. The highest BCUT2D eigenvalue weighted by Crippen LogP contribution is 2.26. The van der Waals surface area contributed by atoms with Gasteiger partial charge in [0.25, 0.3) is 5.91 Å². The third-order valence-electron chi connectivity index (χ3n) is 4.82. The summed E-state index contributed by atoms with van der Waals surface area (Å²) in [7, 11) is 0. The summed E-state index contributed by atoms with van der Waals surface area (Å²) >= 11 is 0. The van der Waals surface area contributed by atoms with Crippen LogP contribution in [-0.4, -0.2) is 28.1 Å². The monoisotopic (exact) mass is 380 g/mol. The molecule has 6 heteroatoms. The van der Waals surface area contributed by atoms with Crippen LogP contribution in [0.15, 0.2) is 42.5 Å². The Kier molecular flexibility index (Phi) is 5.51. The van der Waals surface area contributed by atoms with Gasteiger partial charge in [0.15, 0.2) is 6.10 Å². The number of amides is 1. The standard InChI is InChI=1S/C22H24N2O4/c1-12-19(14(3)25)13(2)23-20(12)22(27)28-15(4)21(26)24-18-11-7-9-16-8-5-6-10-17(16)18/h5-11,14-15,23,25H,1-4H3,(H,24,26)/t14-,15+/m1/s1. The summed E-state index contributed by atoms with van der Waals surface area (Å²) < 4.78 is 5.35. The number of ether oxygens (including phenoxy) is 1. The van der Waals surface area contributed by atoms with Gasteiger partial charge in [-0.1, -0.05) is 36.4 Å². The van der Waals surface area contributed by atoms with E-state index in [2.05, 4.69) is 10.3 Å². The van der Waals surface area contributed by atoms with Gasteiger partial charge < -0.3 is 20.1 Å². The minimum Gasteiger partial charge on any atom is -0.448 e. The van der Waals surface area contributed by atoms with E-state index in [1.54, 1.807) is 20.8 Å². The van der Waals surface area contributed by atoms with Crippen LogP contribution in [0.1, 0.15) is 47.3 Å². The topological polar surface area (TPSA) is 91.4 Å². The fourth-order valence-corrected chi connectivity index (χ4v) is 3.44. The van der Waals surface area contributed by atoms with E-state index in [0.29, 0.717) is 22.5 Å². The number of carbonyl (C=O) groups is 2. The van der Waals surface area contributed by atoms with Gasteiger partial charge in [0, 0.05) is 22.3 Å². The second-order valence-corrected chi connectivity index (χ2v) is 6.90. The molecule has 28 heavy (non-hydrogen) atoms. The molecule has 3 N–H and O–H groups in total. The number of anilines is 1. The summed E-state index contributed by atoms with van der Waals surface area (Å²) in [4.78, 5) is 28.0. The third-order valence-corrected chi connectivity index (χ3v) is 4.82. The number of rotatable bonds is 5. The molecule has 2 aromatic carbocycles. The molecule has 2 atom stereocenters. The van der Waals surface area contributed by atoms with E-state index in [0.717, 1.165) is 10.8 Å². The van der Waals surface area contributed by atoms with Crippen LogP contribution >= 0.6 is 0 Å². The van der Waals surface area contributed by atoms with E-state index >= 15 is 0 Å². The Balaban J connectivity index is 1.74. The molecule has 0 unspecified atom stereocenters. The van der Waals surface area contributed by atoms with Crippen LogP contribution < -0.4 is 5.32 Å². The number of hydrogen-bond acceptors (Lipinski definition) is 4. The predicted octanol–water partition coefficient (Wildman–Crippen LogP) is 4.02. The van der Waals surface area contributed by atoms with Gasteiger partial charge in [-0.25, -0.2) is 4.79 Å². The van der Waals surface area contributed by atoms with E-state index in [4.69, 9.17) is 4.74 Å². The number of carbonyl (C=O) groups excluding carboxylic acids is 2. The molecular weight excluding hydrogens is 356 g/mol. The van der Waals surface area contributed by atoms with Gasteiger partial charge in [-0.2, -0.15) is 0 Å². The largest absolute Gasteiger partial charge is 0.448 e. The van der Waals surface area contributed by atoms with Crippen molar-refractivity contribution in [3.05, 3.63) is 65.0 Å². The van der Waals surface area contributed by atoms with Gasteiger partial charge >= 0.3 is 5.97 Å². The van der Waals surface area contributed by atoms with Crippen molar-refractivity contribution >= 4 is 28.3 Å². The average Bonchev–Trinajstić information content (AvgIpc) is 2.96. The summed E-state index contributed by atoms with van der Waals surface area (Å²) in [6.07, 6.45) is -1.69. The number of esters is 1. The van der Waals surface area contributed by atoms with Gasteiger partial charge in [0.1, 0.15) is 5.69 Å². The first-order valence-corrected chi connectivity index (χ1v) is 9.16. The fourth-order valence-electron chi connectivity index (χ4n) is 3.44. The molecular formula is C22H24N2O4. The van der Waals surface area contributed by atoms with Crippen molar-refractivity contribution < 1.29 is 19.4 Å². The molecule has 1 aromatic heterocycles. The Morgan fingerprint density at radius 3 is 2.43 bits per heavy atom. The molecule has 0 spiro atoms. The maximum Gasteiger partial charge on any atom is 0.355 e. The van der Waals surface area contributed by atoms with Gasteiger partial charge in [0.05, 0.1) is 6.10 Å². The summed E-state index contributed by atoms with van der Waals surface area (Å²) in [5.74, 6) is -1.05. The lowest BCUT2D eigenvalue weighted by Gasteiger charge is -2.15. The zero-order valence-corrected chi connectivity index (χ0v) is 16.4. The second kappa shape index (κ2) is 7.86. The predicted molar refractivity (Wildman–Crippen MR) is 108 cm³/mol. The molecule has 0 aliphatic heterocycles. The Hall–Kier alpha value is -3.12. The second-order valence-electron chi connectivity index (χ2n) is 6.90. The molecule has 146 valence electrons. The van der Waals surface area contributed by atoms with Gasteiger partial charge in [-0.15, -0.1) is 0 Å². The van der Waals surface area contributed by atoms with Crippen LogP contribution in [0.4, 0.5) is 5.69 Å². The highest BCUT2D eigenvalue weighted by atomic mass is 16.5. The Morgan fingerprint density at radius 1 is 1.07 bits per heavy atom. The number of aromatic nitrogens is 1. The van der Waals surface area contributed by atoms with E-state index in [1.165, 1.54) is 6.92 Å². The number of benzene rings is 2. The molecule has 0 aliphatic rings. The van der Waals surface area contributed by atoms with Gasteiger partial charge in [-0.3, -0.25) is 4.79 Å². The summed E-state index contributed by atoms with van der Waals surface area (Å²) in [6, 6.07) is 13.3. The first-order valence-electron chi connectivity index (χ1n) is 9.16. The summed E-state index contributed by atoms with van der Waals surface area (Å²) in [6.45, 7) is 6.68. The SMILES string of the molecule is Cc1[nH]c(C(=O)O[C@@H](C)C(=O)Nc2cccc3ccccc23)c(C)c1[C@@H](C)O. The molecule has 3 rings (SSSR count). The molecule has 0 saturated heterocycles. The molecule has 0 radical (unpaired) electrons. The van der Waals surface area contributed by atoms with Crippen LogP contribution in [0.25, 0.3) is 10.8 Å². The van der Waals surface area contributed by atoms with Crippen LogP contribution in [0.3, 0.4) is 0 Å². The molecule has 0 saturated carbocycles. The number of fused-ring (bicyclic) bond motifs is 1. The Morgan fingerprint density at radius 2 is 1.75 bits per heavy atom. The number of aliphatic hydroxyl groups is 1. The van der Waals surface area contributed by atoms with Crippen molar-refractivity contribution in [3.63, 3.8) is 0 Å². The highest BCUT2D eigenvalue weighted by molar-refractivity contribution is 6.04. The Labute approximate surface area is 163 Å². The molecule has 1 amide bonds. The van der Waals surface area contributed by atoms with Crippen molar-refractivity contribution in [2.45, 2.75) is 39.9 Å². The van der Waals surface area contributed by atoms with E-state index in [1.807, 2.05) is 42.5 Å². The summed E-state index contributed by atoms with van der Waals surface area (Å²) in [5, 5.41) is 14.6. The highest BCUT2D eigenvalue weighted by Gasteiger charge is 2.25. The normalized spacial score (nSPS) is 13.2. The Bertz CT molecular complexity index is 1030. The quantitative estimate of drug-likeness (QED) is 0.583. The minimum absolute atomic E-state index is 0.248. The fraction of sp³-hybridized carbons (Fsp3) is 0.273. The molecule has 0 bridgehead atoms. The number of hydrogen-bond donors (Lipinski definition) is 3. The lowest BCUT2D eigenvalue weighted by Crippen LogP contribution is -2.30. The number of H-pyrrole nitrogens is 1. The van der Waals surface area contributed by atoms with Crippen LogP contribution in [0, 0.1) is 13.8 Å². The number of aryl methyl sites for hydroxylation is 1. The zero-order chi connectivity index (χ0) is 20.4. The van der Waals surface area contributed by atoms with Gasteiger partial charge in [-0.05, 0) is 44.7 Å². The lowest BCUT2D eigenvalue weighted by molar-refractivity contribution is -0.123. The van der Waals surface area contributed by atoms with Crippen LogP contribution in [0.5, 0.6) is 0 Å². The first-order chi connectivity index (χ1) is 13.3. The van der Waals surface area contributed by atoms with E-state index < -0.39 is 24.1 Å². The van der Waals surface area contributed by atoms with E-state index in [9.17, 15) is 14.7 Å². The minimum atomic E-state index is -0.982. The maximum absolute atomic E-state index is 12.5. The lowest BCUT2D eigenvalue weighted by atomic mass is 10.1. The average molecular weight is 380 g/mol. The van der Waals surface area contributed by atoms with Crippen molar-refractivity contribution in [1.29, 1.82) is 0 Å². The molecule has 3 aromatic rings. The molecule has 0 fully saturated rings. The molecule has 6 nitrogen and oxygen atoms in total. The van der Waals surface area contributed by atoms with E-state index in [-0.39, 0.29) is 5.69 Å². The number of aliphatic hydroxyl groups excluding tert-OH is 1. The van der Waals surface area contributed by atoms with Crippen molar-refractivity contribution in [2.75, 3.05) is 5.32 Å². The zero-order valence-electron chi connectivity index (χ0n) is 16.4. The van der Waals surface area contributed by atoms with Crippen molar-refractivity contribution in [1.82, 2.24) is 4.98 Å². The van der Waals surface area contributed by atoms with Crippen LogP contribution in [-0.2, 0) is 9.53 Å². The van der Waals surface area contributed by atoms with Gasteiger partial charge in [0.2, 0.25) is 0 Å². The van der Waals surface area contributed by atoms with Crippen LogP contribution in [0.2, 0.25) is 0 Å². The smallest absolute Gasteiger partial charge is 0.355 e. The number of aromatic amines is 1. The van der Waals surface area contributed by atoms with Crippen molar-refractivity contribution in [3.8, 4) is 0 Å². The third kappa shape index (κ3) is 3.77. The number of nitrogens with one attached hydrogen (secondary N) is 2.